The Balaban J connectivity index is 2.54. The molecule has 0 bridgehead atoms. The minimum Gasteiger partial charge on any atom is -0.403 e. The fourth-order valence-corrected chi connectivity index (χ4v) is 1.27. The van der Waals surface area contributed by atoms with Crippen LogP contribution in [0.2, 0.25) is 0 Å². The maximum Gasteiger partial charge on any atom is 0.201 e. The van der Waals surface area contributed by atoms with Gasteiger partial charge >= 0.3 is 0 Å². The number of nitrogens with zero attached hydrogens (tertiary/aromatic N) is 1. The molecular formula is C7H4FNOS. The Kier molecular flexibility index (Phi) is 1.54. The van der Waals surface area contributed by atoms with E-state index in [-0.39, 0.29) is 5.82 Å². The predicted octanol–water partition coefficient (Wildman–Crippen LogP) is 2.20. The Morgan fingerprint density at radius 1 is 1.45 bits per heavy atom. The Hall–Kier alpha value is -1.03. The highest BCUT2D eigenvalue weighted by atomic mass is 32.2. The topological polar surface area (TPSA) is 21.6 Å². The zero-order valence-electron chi connectivity index (χ0n) is 5.45. The van der Waals surface area contributed by atoms with Crippen LogP contribution in [-0.4, -0.2) is 6.21 Å². The second-order valence-corrected chi connectivity index (χ2v) is 2.60. The van der Waals surface area contributed by atoms with Crippen LogP contribution < -0.4 is 4.18 Å². The third-order valence-corrected chi connectivity index (χ3v) is 1.78. The third kappa shape index (κ3) is 1.21. The number of benzene rings is 1. The maximum atomic E-state index is 12.6. The minimum atomic E-state index is -0.272. The van der Waals surface area contributed by atoms with Gasteiger partial charge in [0.15, 0.2) is 0 Å². The molecule has 0 radical (unpaired) electrons. The van der Waals surface area contributed by atoms with E-state index >= 15 is 0 Å². The van der Waals surface area contributed by atoms with E-state index in [9.17, 15) is 4.39 Å². The standard InChI is InChI=1S/C7H4FNOS/c8-6-1-2-7-5(3-6)4-9-11-10-7/h1-4H. The molecule has 0 aromatic heterocycles. The summed E-state index contributed by atoms with van der Waals surface area (Å²) >= 11 is 0.990. The lowest BCUT2D eigenvalue weighted by Gasteiger charge is -2.07. The van der Waals surface area contributed by atoms with E-state index < -0.39 is 0 Å². The van der Waals surface area contributed by atoms with Gasteiger partial charge in [0, 0.05) is 11.8 Å². The van der Waals surface area contributed by atoms with Gasteiger partial charge in [0.25, 0.3) is 0 Å². The highest BCUT2D eigenvalue weighted by Crippen LogP contribution is 2.26. The quantitative estimate of drug-likeness (QED) is 0.438. The molecule has 0 N–H and O–H groups in total. The lowest BCUT2D eigenvalue weighted by molar-refractivity contribution is 0.610. The van der Waals surface area contributed by atoms with Gasteiger partial charge in [-0.2, -0.15) is 4.40 Å². The summed E-state index contributed by atoms with van der Waals surface area (Å²) in [7, 11) is 0. The summed E-state index contributed by atoms with van der Waals surface area (Å²) in [5, 5.41) is 0. The van der Waals surface area contributed by atoms with Gasteiger partial charge in [0.1, 0.15) is 11.6 Å². The largest absolute Gasteiger partial charge is 0.403 e. The van der Waals surface area contributed by atoms with Crippen molar-refractivity contribution in [3.05, 3.63) is 29.6 Å². The highest BCUT2D eigenvalue weighted by Gasteiger charge is 2.07. The summed E-state index contributed by atoms with van der Waals surface area (Å²) in [5.74, 6) is 0.386. The SMILES string of the molecule is Fc1ccc2c(c1)C=NSO2. The van der Waals surface area contributed by atoms with Crippen LogP contribution in [0, 0.1) is 5.82 Å². The zero-order valence-corrected chi connectivity index (χ0v) is 6.27. The summed E-state index contributed by atoms with van der Waals surface area (Å²) in [5.41, 5.74) is 0.684. The lowest BCUT2D eigenvalue weighted by atomic mass is 10.2. The fourth-order valence-electron chi connectivity index (χ4n) is 0.836. The molecule has 0 saturated carbocycles. The van der Waals surface area contributed by atoms with Gasteiger partial charge in [0.05, 0.1) is 0 Å². The third-order valence-electron chi connectivity index (χ3n) is 1.33. The molecule has 1 heterocycles. The van der Waals surface area contributed by atoms with Gasteiger partial charge < -0.3 is 4.18 Å². The summed E-state index contributed by atoms with van der Waals surface area (Å²) in [6.45, 7) is 0. The first kappa shape index (κ1) is 6.67. The molecule has 1 aliphatic rings. The molecule has 0 amide bonds. The van der Waals surface area contributed by atoms with Crippen molar-refractivity contribution < 1.29 is 8.57 Å². The first-order valence-electron chi connectivity index (χ1n) is 3.03. The maximum absolute atomic E-state index is 12.6. The predicted molar refractivity (Wildman–Crippen MR) is 42.2 cm³/mol. The summed E-state index contributed by atoms with van der Waals surface area (Å²) in [4.78, 5) is 0. The number of fused-ring (bicyclic) bond motifs is 1. The first-order chi connectivity index (χ1) is 5.36. The van der Waals surface area contributed by atoms with Gasteiger partial charge in [-0.15, -0.1) is 0 Å². The first-order valence-corrected chi connectivity index (χ1v) is 3.73. The van der Waals surface area contributed by atoms with Crippen molar-refractivity contribution in [1.82, 2.24) is 0 Å². The molecule has 0 fully saturated rings. The summed E-state index contributed by atoms with van der Waals surface area (Å²) in [6.07, 6.45) is 1.58. The minimum absolute atomic E-state index is 0.272. The molecular weight excluding hydrogens is 165 g/mol. The zero-order chi connectivity index (χ0) is 7.68. The van der Waals surface area contributed by atoms with E-state index in [0.29, 0.717) is 11.3 Å². The van der Waals surface area contributed by atoms with Gasteiger partial charge in [-0.25, -0.2) is 4.39 Å². The van der Waals surface area contributed by atoms with Crippen molar-refractivity contribution >= 4 is 18.4 Å². The molecule has 0 atom stereocenters. The van der Waals surface area contributed by atoms with Crippen molar-refractivity contribution in [2.45, 2.75) is 0 Å². The fraction of sp³-hybridized carbons (Fsp3) is 0. The van der Waals surface area contributed by atoms with Crippen molar-refractivity contribution in [2.24, 2.45) is 4.40 Å². The van der Waals surface area contributed by atoms with Crippen LogP contribution in [0.1, 0.15) is 5.56 Å². The van der Waals surface area contributed by atoms with E-state index in [4.69, 9.17) is 4.18 Å². The molecule has 4 heteroatoms. The van der Waals surface area contributed by atoms with E-state index in [1.165, 1.54) is 12.1 Å². The molecule has 0 saturated heterocycles. The summed E-state index contributed by atoms with van der Waals surface area (Å²) in [6, 6.07) is 4.33. The van der Waals surface area contributed by atoms with Crippen molar-refractivity contribution in [3.63, 3.8) is 0 Å². The average molecular weight is 169 g/mol. The Bertz CT molecular complexity index is 313. The molecule has 1 aliphatic heterocycles. The van der Waals surface area contributed by atoms with Gasteiger partial charge in [-0.3, -0.25) is 0 Å². The molecule has 1 aromatic rings. The van der Waals surface area contributed by atoms with Crippen molar-refractivity contribution in [1.29, 1.82) is 0 Å². The van der Waals surface area contributed by atoms with Crippen LogP contribution in [0.3, 0.4) is 0 Å². The van der Waals surface area contributed by atoms with Crippen LogP contribution in [0.4, 0.5) is 4.39 Å². The lowest BCUT2D eigenvalue weighted by Crippen LogP contribution is -1.93. The van der Waals surface area contributed by atoms with Gasteiger partial charge in [0.2, 0.25) is 12.2 Å². The molecule has 2 nitrogen and oxygen atoms in total. The van der Waals surface area contributed by atoms with Crippen LogP contribution in [0.15, 0.2) is 22.6 Å². The number of hydrogen-bond donors (Lipinski definition) is 0. The van der Waals surface area contributed by atoms with Crippen molar-refractivity contribution in [3.8, 4) is 5.75 Å². The normalized spacial score (nSPS) is 13.9. The Morgan fingerprint density at radius 3 is 3.27 bits per heavy atom. The molecule has 0 aliphatic carbocycles. The second-order valence-electron chi connectivity index (χ2n) is 2.07. The average Bonchev–Trinajstić information content (AvgIpc) is 2.04. The van der Waals surface area contributed by atoms with E-state index in [1.54, 1.807) is 12.3 Å². The van der Waals surface area contributed by atoms with E-state index in [0.717, 1.165) is 12.2 Å². The van der Waals surface area contributed by atoms with E-state index in [2.05, 4.69) is 4.40 Å². The molecule has 0 spiro atoms. The van der Waals surface area contributed by atoms with Crippen LogP contribution >= 0.6 is 12.2 Å². The smallest absolute Gasteiger partial charge is 0.201 e. The Labute approximate surface area is 67.4 Å². The second kappa shape index (κ2) is 2.54. The monoisotopic (exact) mass is 169 g/mol. The number of hydrogen-bond acceptors (Lipinski definition) is 3. The van der Waals surface area contributed by atoms with Gasteiger partial charge in [-0.1, -0.05) is 0 Å². The van der Waals surface area contributed by atoms with Crippen LogP contribution in [0.25, 0.3) is 0 Å². The number of rotatable bonds is 0. The van der Waals surface area contributed by atoms with Crippen LogP contribution in [0.5, 0.6) is 5.75 Å². The highest BCUT2D eigenvalue weighted by molar-refractivity contribution is 7.93. The molecule has 1 aromatic carbocycles. The van der Waals surface area contributed by atoms with Gasteiger partial charge in [-0.05, 0) is 18.2 Å². The van der Waals surface area contributed by atoms with Crippen LogP contribution in [-0.2, 0) is 0 Å². The molecule has 56 valence electrons. The molecule has 11 heavy (non-hydrogen) atoms. The summed E-state index contributed by atoms with van der Waals surface area (Å²) < 4.78 is 21.4. The Morgan fingerprint density at radius 2 is 2.36 bits per heavy atom. The number of halogens is 1. The van der Waals surface area contributed by atoms with Crippen molar-refractivity contribution in [2.75, 3.05) is 0 Å². The van der Waals surface area contributed by atoms with E-state index in [1.807, 2.05) is 0 Å². The molecule has 0 unspecified atom stereocenters. The molecule has 2 rings (SSSR count).